The van der Waals surface area contributed by atoms with Crippen LogP contribution in [0.3, 0.4) is 0 Å². The summed E-state index contributed by atoms with van der Waals surface area (Å²) < 4.78 is 45.3. The smallest absolute Gasteiger partial charge is 0.261 e. The molecule has 2 aliphatic heterocycles. The highest BCUT2D eigenvalue weighted by Gasteiger charge is 2.30. The zero-order valence-corrected chi connectivity index (χ0v) is 22.2. The van der Waals surface area contributed by atoms with E-state index in [1.807, 2.05) is 6.92 Å². The van der Waals surface area contributed by atoms with E-state index in [-0.39, 0.29) is 24.2 Å². The fourth-order valence-corrected chi connectivity index (χ4v) is 6.63. The van der Waals surface area contributed by atoms with Gasteiger partial charge < -0.3 is 20.7 Å². The van der Waals surface area contributed by atoms with E-state index in [1.54, 1.807) is 6.07 Å². The van der Waals surface area contributed by atoms with Crippen molar-refractivity contribution in [2.45, 2.75) is 38.3 Å². The van der Waals surface area contributed by atoms with Crippen molar-refractivity contribution in [2.24, 2.45) is 0 Å². The summed E-state index contributed by atoms with van der Waals surface area (Å²) >= 11 is 1.31. The summed E-state index contributed by atoms with van der Waals surface area (Å²) in [7, 11) is -3.33. The number of nitrogens with one attached hydrogen (secondary N) is 3. The van der Waals surface area contributed by atoms with Crippen molar-refractivity contribution < 1.29 is 22.3 Å². The van der Waals surface area contributed by atoms with Gasteiger partial charge in [0.25, 0.3) is 5.91 Å². The van der Waals surface area contributed by atoms with Crippen LogP contribution in [0.1, 0.15) is 34.5 Å². The minimum atomic E-state index is -3.33. The highest BCUT2D eigenvalue weighted by Crippen LogP contribution is 2.37. The number of amides is 1. The molecule has 2 aliphatic rings. The molecular weight excluding hydrogens is 519 g/mol. The Kier molecular flexibility index (Phi) is 7.30. The number of piperidine rings is 1. The van der Waals surface area contributed by atoms with Crippen molar-refractivity contribution in [2.75, 3.05) is 37.8 Å². The van der Waals surface area contributed by atoms with Crippen LogP contribution in [0.15, 0.2) is 24.5 Å². The SMILES string of the molecule is Cc1c(C(=O)NC2CCNCC2)sc2ncnc(Nc3ccc(F)cc3OC3CCN(S(C)(=O)=O)C3)c12. The van der Waals surface area contributed by atoms with E-state index in [2.05, 4.69) is 25.9 Å². The molecule has 0 spiro atoms. The van der Waals surface area contributed by atoms with Gasteiger partial charge in [-0.1, -0.05) is 0 Å². The lowest BCUT2D eigenvalue weighted by Gasteiger charge is -2.23. The Morgan fingerprint density at radius 1 is 1.24 bits per heavy atom. The topological polar surface area (TPSA) is 126 Å². The monoisotopic (exact) mass is 548 g/mol. The first kappa shape index (κ1) is 25.8. The number of hydrogen-bond acceptors (Lipinski definition) is 9. The number of carbonyl (C=O) groups is 1. The number of sulfonamides is 1. The summed E-state index contributed by atoms with van der Waals surface area (Å²) in [6.45, 7) is 4.18. The third kappa shape index (κ3) is 5.69. The highest BCUT2D eigenvalue weighted by atomic mass is 32.2. The average Bonchev–Trinajstić information content (AvgIpc) is 3.47. The van der Waals surface area contributed by atoms with Crippen molar-refractivity contribution in [3.63, 3.8) is 0 Å². The largest absolute Gasteiger partial charge is 0.487 e. The van der Waals surface area contributed by atoms with Crippen LogP contribution in [-0.4, -0.2) is 73.2 Å². The van der Waals surface area contributed by atoms with Crippen LogP contribution in [0.5, 0.6) is 5.75 Å². The molecular formula is C24H29FN6O4S2. The summed E-state index contributed by atoms with van der Waals surface area (Å²) in [5.41, 5.74) is 1.24. The number of hydrogen-bond donors (Lipinski definition) is 3. The Bertz CT molecular complexity index is 1420. The second-order valence-corrected chi connectivity index (χ2v) is 12.4. The van der Waals surface area contributed by atoms with Gasteiger partial charge in [-0.15, -0.1) is 11.3 Å². The van der Waals surface area contributed by atoms with Gasteiger partial charge in [-0.25, -0.2) is 22.8 Å². The lowest BCUT2D eigenvalue weighted by atomic mass is 10.1. The number of rotatable bonds is 7. The number of benzene rings is 1. The van der Waals surface area contributed by atoms with Crippen LogP contribution >= 0.6 is 11.3 Å². The Hall–Kier alpha value is -2.87. The predicted molar refractivity (Wildman–Crippen MR) is 141 cm³/mol. The zero-order valence-electron chi connectivity index (χ0n) is 20.6. The maximum atomic E-state index is 14.1. The van der Waals surface area contributed by atoms with Gasteiger partial charge in [0.15, 0.2) is 0 Å². The summed E-state index contributed by atoms with van der Waals surface area (Å²) in [5.74, 6) is 0.125. The van der Waals surface area contributed by atoms with Gasteiger partial charge in [-0.3, -0.25) is 4.79 Å². The molecule has 0 saturated carbocycles. The normalized spacial score (nSPS) is 19.3. The van der Waals surface area contributed by atoms with Crippen LogP contribution in [0.4, 0.5) is 15.9 Å². The molecule has 37 heavy (non-hydrogen) atoms. The molecule has 0 bridgehead atoms. The molecule has 1 unspecified atom stereocenters. The Labute approximate surface area is 218 Å². The molecule has 198 valence electrons. The molecule has 13 heteroatoms. The number of halogens is 1. The quantitative estimate of drug-likeness (QED) is 0.412. The minimum Gasteiger partial charge on any atom is -0.487 e. The third-order valence-electron chi connectivity index (χ3n) is 6.67. The number of anilines is 2. The molecule has 2 fully saturated rings. The third-order valence-corrected chi connectivity index (χ3v) is 9.14. The maximum absolute atomic E-state index is 14.1. The molecule has 10 nitrogen and oxygen atoms in total. The number of thiophene rings is 1. The predicted octanol–water partition coefficient (Wildman–Crippen LogP) is 2.78. The molecule has 3 aromatic rings. The number of fused-ring (bicyclic) bond motifs is 1. The van der Waals surface area contributed by atoms with E-state index >= 15 is 0 Å². The Morgan fingerprint density at radius 2 is 2.03 bits per heavy atom. The summed E-state index contributed by atoms with van der Waals surface area (Å²) in [6.07, 6.45) is 4.45. The standard InChI is InChI=1S/C24H29FN6O4S2/c1-14-20-22(27-13-28-24(20)36-21(14)23(32)29-16-5-8-26-9-6-16)30-18-4-3-15(25)11-19(18)35-17-7-10-31(12-17)37(2,33)34/h3-4,11,13,16-17,26H,5-10,12H2,1-2H3,(H,29,32)(H,27,28,30). The van der Waals surface area contributed by atoms with Crippen LogP contribution < -0.4 is 20.7 Å². The highest BCUT2D eigenvalue weighted by molar-refractivity contribution is 7.88. The first-order chi connectivity index (χ1) is 17.7. The number of aromatic nitrogens is 2. The summed E-state index contributed by atoms with van der Waals surface area (Å²) in [6, 6.07) is 4.26. The van der Waals surface area contributed by atoms with Crippen LogP contribution in [0, 0.1) is 12.7 Å². The minimum absolute atomic E-state index is 0.124. The van der Waals surface area contributed by atoms with Crippen LogP contribution in [0.2, 0.25) is 0 Å². The molecule has 1 aromatic carbocycles. The van der Waals surface area contributed by atoms with Crippen molar-refractivity contribution >= 4 is 49.0 Å². The van der Waals surface area contributed by atoms with Crippen molar-refractivity contribution in [1.82, 2.24) is 24.9 Å². The summed E-state index contributed by atoms with van der Waals surface area (Å²) in [4.78, 5) is 23.1. The van der Waals surface area contributed by atoms with E-state index in [1.165, 1.54) is 34.1 Å². The average molecular weight is 549 g/mol. The second kappa shape index (κ2) is 10.5. The van der Waals surface area contributed by atoms with Gasteiger partial charge in [0.05, 0.1) is 28.8 Å². The van der Waals surface area contributed by atoms with E-state index in [9.17, 15) is 17.6 Å². The lowest BCUT2D eigenvalue weighted by molar-refractivity contribution is 0.0933. The van der Waals surface area contributed by atoms with Crippen LogP contribution in [0.25, 0.3) is 10.2 Å². The van der Waals surface area contributed by atoms with Gasteiger partial charge in [0.1, 0.15) is 34.6 Å². The number of ether oxygens (including phenoxy) is 1. The van der Waals surface area contributed by atoms with E-state index in [0.717, 1.165) is 37.8 Å². The molecule has 1 amide bonds. The molecule has 2 aromatic heterocycles. The first-order valence-electron chi connectivity index (χ1n) is 12.1. The van der Waals surface area contributed by atoms with Crippen molar-refractivity contribution in [1.29, 1.82) is 0 Å². The number of nitrogens with zero attached hydrogens (tertiary/aromatic N) is 3. The number of carbonyl (C=O) groups excluding carboxylic acids is 1. The van der Waals surface area contributed by atoms with Crippen molar-refractivity contribution in [3.05, 3.63) is 40.8 Å². The fraction of sp³-hybridized carbons (Fsp3) is 0.458. The van der Waals surface area contributed by atoms with Crippen LogP contribution in [-0.2, 0) is 10.0 Å². The van der Waals surface area contributed by atoms with Crippen molar-refractivity contribution in [3.8, 4) is 5.75 Å². The van der Waals surface area contributed by atoms with E-state index < -0.39 is 21.9 Å². The van der Waals surface area contributed by atoms with E-state index in [0.29, 0.717) is 39.6 Å². The molecule has 4 heterocycles. The molecule has 5 rings (SSSR count). The first-order valence-corrected chi connectivity index (χ1v) is 14.8. The molecule has 3 N–H and O–H groups in total. The molecule has 1 atom stereocenters. The molecule has 0 radical (unpaired) electrons. The molecule has 2 saturated heterocycles. The zero-order chi connectivity index (χ0) is 26.2. The maximum Gasteiger partial charge on any atom is 0.261 e. The van der Waals surface area contributed by atoms with Gasteiger partial charge in [-0.2, -0.15) is 4.31 Å². The molecule has 0 aliphatic carbocycles. The van der Waals surface area contributed by atoms with Gasteiger partial charge >= 0.3 is 0 Å². The lowest BCUT2D eigenvalue weighted by Crippen LogP contribution is -2.42. The fourth-order valence-electron chi connectivity index (χ4n) is 4.70. The van der Waals surface area contributed by atoms with Gasteiger partial charge in [0, 0.05) is 18.7 Å². The number of aryl methyl sites for hydroxylation is 1. The van der Waals surface area contributed by atoms with E-state index in [4.69, 9.17) is 4.74 Å². The Balaban J connectivity index is 1.40. The van der Waals surface area contributed by atoms with Gasteiger partial charge in [0.2, 0.25) is 10.0 Å². The second-order valence-electron chi connectivity index (χ2n) is 9.37. The summed E-state index contributed by atoms with van der Waals surface area (Å²) in [5, 5.41) is 10.4. The van der Waals surface area contributed by atoms with Gasteiger partial charge in [-0.05, 0) is 57.0 Å². The Morgan fingerprint density at radius 3 is 2.76 bits per heavy atom.